The Morgan fingerprint density at radius 2 is 2.07 bits per heavy atom. The number of rotatable bonds is 4. The number of hydrogen-bond acceptors (Lipinski definition) is 4. The van der Waals surface area contributed by atoms with Crippen molar-refractivity contribution >= 4 is 0 Å². The summed E-state index contributed by atoms with van der Waals surface area (Å²) in [5.74, 6) is 0. The molecule has 0 aromatic heterocycles. The van der Waals surface area contributed by atoms with Gasteiger partial charge in [0.1, 0.15) is 0 Å². The quantitative estimate of drug-likeness (QED) is 0.472. The smallest absolute Gasteiger partial charge is 0.0569 e. The molecule has 4 heteroatoms. The van der Waals surface area contributed by atoms with Crippen LogP contribution >= 0.6 is 0 Å². The maximum absolute atomic E-state index is 6.05. The van der Waals surface area contributed by atoms with Crippen LogP contribution < -0.4 is 22.1 Å². The van der Waals surface area contributed by atoms with Gasteiger partial charge in [-0.1, -0.05) is 6.92 Å². The highest BCUT2D eigenvalue weighted by Crippen LogP contribution is 2.16. The summed E-state index contributed by atoms with van der Waals surface area (Å²) in [4.78, 5) is 0. The van der Waals surface area contributed by atoms with Crippen LogP contribution in [-0.4, -0.2) is 31.3 Å². The van der Waals surface area contributed by atoms with Gasteiger partial charge < -0.3 is 16.8 Å². The Labute approximate surface area is 86.8 Å². The average Bonchev–Trinajstić information content (AvgIpc) is 2.19. The van der Waals surface area contributed by atoms with Gasteiger partial charge in [0.15, 0.2) is 0 Å². The zero-order valence-corrected chi connectivity index (χ0v) is 9.29. The fourth-order valence-corrected chi connectivity index (χ4v) is 2.08. The van der Waals surface area contributed by atoms with Crippen LogP contribution in [-0.2, 0) is 0 Å². The highest BCUT2D eigenvalue weighted by Gasteiger charge is 2.27. The van der Waals surface area contributed by atoms with Crippen LogP contribution in [0.15, 0.2) is 0 Å². The van der Waals surface area contributed by atoms with E-state index in [2.05, 4.69) is 17.6 Å². The van der Waals surface area contributed by atoms with Crippen molar-refractivity contribution in [3.05, 3.63) is 0 Å². The molecule has 0 radical (unpaired) electrons. The Hall–Kier alpha value is -0.160. The molecule has 1 rings (SSSR count). The number of nitrogens with one attached hydrogen (secondary N) is 2. The van der Waals surface area contributed by atoms with Crippen molar-refractivity contribution in [1.82, 2.24) is 10.6 Å². The molecule has 4 unspecified atom stereocenters. The normalized spacial score (nSPS) is 35.6. The third-order valence-electron chi connectivity index (χ3n) is 3.12. The van der Waals surface area contributed by atoms with E-state index in [9.17, 15) is 0 Å². The predicted octanol–water partition coefficient (Wildman–Crippen LogP) is -0.261. The third kappa shape index (κ3) is 3.20. The van der Waals surface area contributed by atoms with Gasteiger partial charge in [0, 0.05) is 18.1 Å². The molecule has 6 N–H and O–H groups in total. The first kappa shape index (κ1) is 11.9. The van der Waals surface area contributed by atoms with Gasteiger partial charge in [-0.25, -0.2) is 0 Å². The molecule has 0 heterocycles. The topological polar surface area (TPSA) is 76.1 Å². The van der Waals surface area contributed by atoms with Crippen LogP contribution in [0.5, 0.6) is 0 Å². The monoisotopic (exact) mass is 200 g/mol. The summed E-state index contributed by atoms with van der Waals surface area (Å²) in [6.45, 7) is 2.16. The maximum Gasteiger partial charge on any atom is 0.0569 e. The van der Waals surface area contributed by atoms with E-state index in [1.807, 2.05) is 7.05 Å². The van der Waals surface area contributed by atoms with Crippen molar-refractivity contribution in [2.45, 2.75) is 56.9 Å². The molecule has 1 aliphatic rings. The largest absolute Gasteiger partial charge is 0.328 e. The standard InChI is InChI=1S/C10H24N4/c1-3-10(13-2)14-9-6-7(11)4-5-8(9)12/h7-10,13-14H,3-6,11-12H2,1-2H3. The molecule has 84 valence electrons. The van der Waals surface area contributed by atoms with Crippen molar-refractivity contribution in [3.63, 3.8) is 0 Å². The minimum Gasteiger partial charge on any atom is -0.328 e. The molecular formula is C10H24N4. The second-order valence-corrected chi connectivity index (χ2v) is 4.26. The molecular weight excluding hydrogens is 176 g/mol. The van der Waals surface area contributed by atoms with Crippen LogP contribution in [0.3, 0.4) is 0 Å². The third-order valence-corrected chi connectivity index (χ3v) is 3.12. The summed E-state index contributed by atoms with van der Waals surface area (Å²) >= 11 is 0. The number of nitrogens with two attached hydrogens (primary N) is 2. The lowest BCUT2D eigenvalue weighted by Crippen LogP contribution is -2.57. The lowest BCUT2D eigenvalue weighted by Gasteiger charge is -2.35. The van der Waals surface area contributed by atoms with Crippen molar-refractivity contribution in [2.75, 3.05) is 7.05 Å². The van der Waals surface area contributed by atoms with Gasteiger partial charge in [0.25, 0.3) is 0 Å². The van der Waals surface area contributed by atoms with E-state index in [1.165, 1.54) is 0 Å². The van der Waals surface area contributed by atoms with E-state index in [0.717, 1.165) is 25.7 Å². The number of hydrogen-bond donors (Lipinski definition) is 4. The van der Waals surface area contributed by atoms with Gasteiger partial charge in [-0.15, -0.1) is 0 Å². The van der Waals surface area contributed by atoms with E-state index >= 15 is 0 Å². The molecule has 4 nitrogen and oxygen atoms in total. The Bertz CT molecular complexity index is 158. The summed E-state index contributed by atoms with van der Waals surface area (Å²) in [5.41, 5.74) is 12.0. The van der Waals surface area contributed by atoms with E-state index in [1.54, 1.807) is 0 Å². The van der Waals surface area contributed by atoms with Crippen LogP contribution in [0.25, 0.3) is 0 Å². The van der Waals surface area contributed by atoms with Gasteiger partial charge in [0.05, 0.1) is 6.17 Å². The molecule has 0 aliphatic heterocycles. The fraction of sp³-hybridized carbons (Fsp3) is 1.00. The van der Waals surface area contributed by atoms with E-state index < -0.39 is 0 Å². The van der Waals surface area contributed by atoms with Crippen LogP contribution in [0.4, 0.5) is 0 Å². The minimum atomic E-state index is 0.261. The molecule has 0 amide bonds. The summed E-state index contributed by atoms with van der Waals surface area (Å²) in [6, 6.07) is 0.954. The first-order chi connectivity index (χ1) is 6.67. The molecule has 0 saturated heterocycles. The van der Waals surface area contributed by atoms with Crippen LogP contribution in [0, 0.1) is 0 Å². The van der Waals surface area contributed by atoms with Gasteiger partial charge in [-0.2, -0.15) is 0 Å². The molecule has 14 heavy (non-hydrogen) atoms. The van der Waals surface area contributed by atoms with Crippen molar-refractivity contribution in [1.29, 1.82) is 0 Å². The predicted molar refractivity (Wildman–Crippen MR) is 59.9 cm³/mol. The molecule has 1 fully saturated rings. The summed E-state index contributed by atoms with van der Waals surface area (Å²) in [7, 11) is 1.97. The van der Waals surface area contributed by atoms with Gasteiger partial charge >= 0.3 is 0 Å². The highest BCUT2D eigenvalue weighted by molar-refractivity contribution is 4.90. The van der Waals surface area contributed by atoms with Gasteiger partial charge in [0.2, 0.25) is 0 Å². The van der Waals surface area contributed by atoms with Crippen molar-refractivity contribution < 1.29 is 0 Å². The van der Waals surface area contributed by atoms with Crippen molar-refractivity contribution in [2.24, 2.45) is 11.5 Å². The highest BCUT2D eigenvalue weighted by atomic mass is 15.1. The first-order valence-electron chi connectivity index (χ1n) is 5.61. The van der Waals surface area contributed by atoms with Crippen LogP contribution in [0.1, 0.15) is 32.6 Å². The van der Waals surface area contributed by atoms with Gasteiger partial charge in [-0.05, 0) is 32.7 Å². The molecule has 0 aromatic carbocycles. The minimum absolute atomic E-state index is 0.261. The zero-order valence-electron chi connectivity index (χ0n) is 9.29. The molecule has 0 aromatic rings. The summed E-state index contributed by atoms with van der Waals surface area (Å²) in [6.07, 6.45) is 4.53. The summed E-state index contributed by atoms with van der Waals surface area (Å²) in [5, 5.41) is 6.75. The fourth-order valence-electron chi connectivity index (χ4n) is 2.08. The Kier molecular flexibility index (Phi) is 4.81. The Balaban J connectivity index is 2.40. The SMILES string of the molecule is CCC(NC)NC1CC(N)CCC1N. The van der Waals surface area contributed by atoms with E-state index in [4.69, 9.17) is 11.5 Å². The maximum atomic E-state index is 6.05. The Morgan fingerprint density at radius 3 is 2.64 bits per heavy atom. The van der Waals surface area contributed by atoms with Gasteiger partial charge in [-0.3, -0.25) is 5.32 Å². The summed E-state index contributed by atoms with van der Waals surface area (Å²) < 4.78 is 0. The average molecular weight is 200 g/mol. The Morgan fingerprint density at radius 1 is 1.36 bits per heavy atom. The lowest BCUT2D eigenvalue weighted by atomic mass is 9.87. The van der Waals surface area contributed by atoms with Crippen molar-refractivity contribution in [3.8, 4) is 0 Å². The van der Waals surface area contributed by atoms with E-state index in [0.29, 0.717) is 18.2 Å². The molecule has 1 saturated carbocycles. The molecule has 1 aliphatic carbocycles. The second-order valence-electron chi connectivity index (χ2n) is 4.26. The molecule has 0 spiro atoms. The van der Waals surface area contributed by atoms with E-state index in [-0.39, 0.29) is 6.04 Å². The molecule has 0 bridgehead atoms. The zero-order chi connectivity index (χ0) is 10.6. The second kappa shape index (κ2) is 5.66. The first-order valence-corrected chi connectivity index (χ1v) is 5.61. The lowest BCUT2D eigenvalue weighted by molar-refractivity contribution is 0.262. The molecule has 4 atom stereocenters. The van der Waals surface area contributed by atoms with Crippen LogP contribution in [0.2, 0.25) is 0 Å².